The first-order valence-corrected chi connectivity index (χ1v) is 12.5. The van der Waals surface area contributed by atoms with Gasteiger partial charge in [0.1, 0.15) is 5.69 Å². The first-order valence-electron chi connectivity index (χ1n) is 12.5. The van der Waals surface area contributed by atoms with Crippen LogP contribution in [0.2, 0.25) is 0 Å². The Kier molecular flexibility index (Phi) is 8.16. The number of aryl methyl sites for hydroxylation is 1. The molecule has 212 valence electrons. The van der Waals surface area contributed by atoms with Crippen LogP contribution in [0.5, 0.6) is 0 Å². The molecule has 1 aliphatic carbocycles. The number of aromatic nitrogens is 4. The smallest absolute Gasteiger partial charge is 0.355 e. The summed E-state index contributed by atoms with van der Waals surface area (Å²) < 4.78 is 68.1. The summed E-state index contributed by atoms with van der Waals surface area (Å²) >= 11 is 0. The molecule has 2 aromatic rings. The van der Waals surface area contributed by atoms with E-state index in [0.717, 1.165) is 6.21 Å². The van der Waals surface area contributed by atoms with Crippen molar-refractivity contribution in [3.8, 4) is 0 Å². The third-order valence-corrected chi connectivity index (χ3v) is 7.22. The van der Waals surface area contributed by atoms with E-state index in [-0.39, 0.29) is 55.4 Å². The fourth-order valence-corrected chi connectivity index (χ4v) is 4.99. The van der Waals surface area contributed by atoms with Crippen molar-refractivity contribution in [3.63, 3.8) is 0 Å². The lowest BCUT2D eigenvalue weighted by molar-refractivity contribution is -0.183. The van der Waals surface area contributed by atoms with Crippen LogP contribution in [0.4, 0.5) is 27.9 Å². The van der Waals surface area contributed by atoms with E-state index in [4.69, 9.17) is 5.41 Å². The summed E-state index contributed by atoms with van der Waals surface area (Å²) in [6.07, 6.45) is -1.37. The average molecular weight is 557 g/mol. The highest BCUT2D eigenvalue weighted by atomic mass is 19.4. The number of hydrogen-bond acceptors (Lipinski definition) is 6. The number of alkyl halides is 5. The molecule has 1 saturated heterocycles. The lowest BCUT2D eigenvalue weighted by Crippen LogP contribution is -2.47. The highest BCUT2D eigenvalue weighted by Crippen LogP contribution is 2.41. The molecule has 10 nitrogen and oxygen atoms in total. The Balaban J connectivity index is 1.44. The Morgan fingerprint density at radius 2 is 2.08 bits per heavy atom. The van der Waals surface area contributed by atoms with Gasteiger partial charge in [-0.1, -0.05) is 0 Å². The SMILES string of the molecule is Cn1nccc1C(=O)N[C@H](c1cnc(/N=C\C(=N)CC2C[C@@H](C(F)(F)F)CNC2=O)[nH]1)C1CCC(F)(F)CC1. The molecular weight excluding hydrogens is 527 g/mol. The number of aromatic amines is 1. The topological polar surface area (TPSA) is 141 Å². The lowest BCUT2D eigenvalue weighted by Gasteiger charge is -2.33. The van der Waals surface area contributed by atoms with Gasteiger partial charge in [0, 0.05) is 45.0 Å². The van der Waals surface area contributed by atoms with E-state index in [1.807, 2.05) is 0 Å². The van der Waals surface area contributed by atoms with E-state index >= 15 is 0 Å². The molecule has 0 bridgehead atoms. The van der Waals surface area contributed by atoms with Crippen molar-refractivity contribution in [3.05, 3.63) is 29.8 Å². The van der Waals surface area contributed by atoms with E-state index in [9.17, 15) is 31.5 Å². The molecule has 0 spiro atoms. The molecule has 2 fully saturated rings. The summed E-state index contributed by atoms with van der Waals surface area (Å²) in [5, 5.41) is 17.2. The summed E-state index contributed by atoms with van der Waals surface area (Å²) in [6, 6.07) is 0.851. The zero-order valence-corrected chi connectivity index (χ0v) is 21.1. The Morgan fingerprint density at radius 1 is 1.36 bits per heavy atom. The number of rotatable bonds is 8. The molecule has 2 amide bonds. The maximum absolute atomic E-state index is 13.8. The van der Waals surface area contributed by atoms with Crippen molar-refractivity contribution in [2.45, 2.75) is 56.7 Å². The number of halogens is 5. The van der Waals surface area contributed by atoms with Crippen LogP contribution in [0, 0.1) is 23.2 Å². The monoisotopic (exact) mass is 556 g/mol. The lowest BCUT2D eigenvalue weighted by atomic mass is 9.81. The molecule has 1 saturated carbocycles. The molecule has 3 heterocycles. The molecule has 4 rings (SSSR count). The Bertz CT molecular complexity index is 1230. The van der Waals surface area contributed by atoms with Crippen molar-refractivity contribution in [1.82, 2.24) is 30.4 Å². The predicted molar refractivity (Wildman–Crippen MR) is 130 cm³/mol. The van der Waals surface area contributed by atoms with Crippen molar-refractivity contribution < 1.29 is 31.5 Å². The fourth-order valence-electron chi connectivity index (χ4n) is 4.99. The normalized spacial score (nSPS) is 23.0. The minimum atomic E-state index is -4.44. The van der Waals surface area contributed by atoms with Gasteiger partial charge < -0.3 is 21.0 Å². The highest BCUT2D eigenvalue weighted by molar-refractivity contribution is 6.30. The molecular formula is C24H29F5N8O2. The van der Waals surface area contributed by atoms with Crippen LogP contribution < -0.4 is 10.6 Å². The Morgan fingerprint density at radius 3 is 2.72 bits per heavy atom. The van der Waals surface area contributed by atoms with Crippen molar-refractivity contribution >= 4 is 29.7 Å². The third-order valence-electron chi connectivity index (χ3n) is 7.22. The van der Waals surface area contributed by atoms with Gasteiger partial charge in [0.05, 0.1) is 35.8 Å². The number of aliphatic imine (C=N–C) groups is 1. The van der Waals surface area contributed by atoms with Crippen molar-refractivity contribution in [2.75, 3.05) is 6.54 Å². The summed E-state index contributed by atoms with van der Waals surface area (Å²) in [6.45, 7) is -0.480. The van der Waals surface area contributed by atoms with Crippen LogP contribution in [0.15, 0.2) is 23.5 Å². The number of amides is 2. The molecule has 2 aromatic heterocycles. The standard InChI is InChI=1S/C24H29F5N8O2/c1-37-18(4-7-34-37)21(39)36-19(13-2-5-23(25,26)6-3-13)17-12-33-22(35-17)32-11-16(30)9-14-8-15(24(27,28)29)10-31-20(14)38/h4,7,11-15,19,30H,2-3,5-6,8-10H2,1H3,(H,31,38)(H,33,35)(H,36,39)/b30-16?,32-11-/t14?,15-,19+/m1/s1. The van der Waals surface area contributed by atoms with Crippen LogP contribution in [0.25, 0.3) is 0 Å². The highest BCUT2D eigenvalue weighted by Gasteiger charge is 2.45. The molecule has 3 atom stereocenters. The van der Waals surface area contributed by atoms with E-state index in [2.05, 4.69) is 30.7 Å². The van der Waals surface area contributed by atoms with E-state index in [0.29, 0.717) is 5.69 Å². The summed E-state index contributed by atoms with van der Waals surface area (Å²) in [5.41, 5.74) is 0.553. The molecule has 2 aliphatic rings. The first kappa shape index (κ1) is 28.4. The number of carbonyl (C=O) groups is 2. The van der Waals surface area contributed by atoms with Crippen LogP contribution in [0.3, 0.4) is 0 Å². The van der Waals surface area contributed by atoms with Crippen LogP contribution in [-0.4, -0.2) is 62.1 Å². The summed E-state index contributed by atoms with van der Waals surface area (Å²) in [4.78, 5) is 36.0. The Hall–Kier alpha value is -3.65. The summed E-state index contributed by atoms with van der Waals surface area (Å²) in [7, 11) is 1.60. The van der Waals surface area contributed by atoms with Gasteiger partial charge in [0.15, 0.2) is 0 Å². The van der Waals surface area contributed by atoms with E-state index in [1.54, 1.807) is 7.05 Å². The van der Waals surface area contributed by atoms with Gasteiger partial charge >= 0.3 is 6.18 Å². The zero-order chi connectivity index (χ0) is 28.4. The third kappa shape index (κ3) is 7.06. The first-order chi connectivity index (χ1) is 18.3. The molecule has 1 unspecified atom stereocenters. The zero-order valence-electron chi connectivity index (χ0n) is 21.1. The van der Waals surface area contributed by atoms with Gasteiger partial charge in [-0.15, -0.1) is 0 Å². The number of hydrogen-bond donors (Lipinski definition) is 4. The molecule has 39 heavy (non-hydrogen) atoms. The second-order valence-electron chi connectivity index (χ2n) is 10.1. The number of imidazole rings is 1. The number of nitrogens with zero attached hydrogens (tertiary/aromatic N) is 4. The van der Waals surface area contributed by atoms with Crippen LogP contribution in [-0.2, 0) is 11.8 Å². The fraction of sp³-hybridized carbons (Fsp3) is 0.583. The number of piperidine rings is 1. The second kappa shape index (κ2) is 11.2. The number of carbonyl (C=O) groups excluding carboxylic acids is 2. The van der Waals surface area contributed by atoms with Crippen molar-refractivity contribution in [1.29, 1.82) is 5.41 Å². The largest absolute Gasteiger partial charge is 0.393 e. The summed E-state index contributed by atoms with van der Waals surface area (Å²) in [5.74, 6) is -6.67. The van der Waals surface area contributed by atoms with Gasteiger partial charge in [0.2, 0.25) is 17.8 Å². The molecule has 4 N–H and O–H groups in total. The van der Waals surface area contributed by atoms with Gasteiger partial charge in [0.25, 0.3) is 5.91 Å². The number of H-pyrrole nitrogens is 1. The van der Waals surface area contributed by atoms with Gasteiger partial charge in [-0.25, -0.2) is 18.8 Å². The number of nitrogens with one attached hydrogen (secondary N) is 4. The minimum absolute atomic E-state index is 0.0527. The Labute approximate surface area is 220 Å². The average Bonchev–Trinajstić information content (AvgIpc) is 3.51. The molecule has 0 aromatic carbocycles. The van der Waals surface area contributed by atoms with Crippen LogP contribution >= 0.6 is 0 Å². The molecule has 1 aliphatic heterocycles. The maximum atomic E-state index is 13.8. The van der Waals surface area contributed by atoms with Crippen LogP contribution in [0.1, 0.15) is 60.7 Å². The molecule has 0 radical (unpaired) electrons. The second-order valence-corrected chi connectivity index (χ2v) is 10.1. The molecule has 15 heteroatoms. The van der Waals surface area contributed by atoms with Gasteiger partial charge in [-0.05, 0) is 31.2 Å². The van der Waals surface area contributed by atoms with Crippen molar-refractivity contribution in [2.24, 2.45) is 29.8 Å². The van der Waals surface area contributed by atoms with Gasteiger partial charge in [-0.3, -0.25) is 14.3 Å². The predicted octanol–water partition coefficient (Wildman–Crippen LogP) is 3.87. The van der Waals surface area contributed by atoms with Gasteiger partial charge in [-0.2, -0.15) is 18.3 Å². The minimum Gasteiger partial charge on any atom is -0.355 e. The maximum Gasteiger partial charge on any atom is 0.393 e. The van der Waals surface area contributed by atoms with E-state index < -0.39 is 54.8 Å². The quantitative estimate of drug-likeness (QED) is 0.289. The van der Waals surface area contributed by atoms with E-state index in [1.165, 1.54) is 23.1 Å².